The SMILES string of the molecule is CCc1nnc(NCC(C)CCC(=O)O)c(C#N)c1CC. The van der Waals surface area contributed by atoms with Gasteiger partial charge in [-0.3, -0.25) is 4.79 Å². The molecule has 6 nitrogen and oxygen atoms in total. The van der Waals surface area contributed by atoms with Crippen molar-refractivity contribution in [1.82, 2.24) is 10.2 Å². The third kappa shape index (κ3) is 4.71. The summed E-state index contributed by atoms with van der Waals surface area (Å²) >= 11 is 0. The molecule has 6 heteroatoms. The molecule has 0 aliphatic carbocycles. The highest BCUT2D eigenvalue weighted by molar-refractivity contribution is 5.66. The predicted octanol–water partition coefficient (Wildman–Crippen LogP) is 2.39. The lowest BCUT2D eigenvalue weighted by Gasteiger charge is -2.15. The van der Waals surface area contributed by atoms with Crippen molar-refractivity contribution >= 4 is 11.8 Å². The number of nitriles is 1. The van der Waals surface area contributed by atoms with Gasteiger partial charge in [0.15, 0.2) is 5.82 Å². The van der Waals surface area contributed by atoms with Crippen molar-refractivity contribution in [3.05, 3.63) is 16.8 Å². The lowest BCUT2D eigenvalue weighted by atomic mass is 10.0. The zero-order chi connectivity index (χ0) is 15.8. The van der Waals surface area contributed by atoms with Gasteiger partial charge in [-0.2, -0.15) is 10.4 Å². The third-order valence-electron chi connectivity index (χ3n) is 3.43. The molecule has 1 aromatic heterocycles. The Morgan fingerprint density at radius 3 is 2.62 bits per heavy atom. The molecule has 0 aliphatic heterocycles. The van der Waals surface area contributed by atoms with Gasteiger partial charge in [0, 0.05) is 13.0 Å². The number of aromatic nitrogens is 2. The molecule has 0 radical (unpaired) electrons. The van der Waals surface area contributed by atoms with Crippen molar-refractivity contribution in [2.75, 3.05) is 11.9 Å². The molecule has 0 amide bonds. The quantitative estimate of drug-likeness (QED) is 0.762. The summed E-state index contributed by atoms with van der Waals surface area (Å²) in [5.41, 5.74) is 2.35. The molecule has 0 bridgehead atoms. The molecule has 114 valence electrons. The second-order valence-corrected chi connectivity index (χ2v) is 5.09. The summed E-state index contributed by atoms with van der Waals surface area (Å²) < 4.78 is 0. The Morgan fingerprint density at radius 2 is 2.10 bits per heavy atom. The Balaban J connectivity index is 2.80. The molecule has 0 aromatic carbocycles. The molecule has 0 fully saturated rings. The number of hydrogen-bond acceptors (Lipinski definition) is 5. The zero-order valence-electron chi connectivity index (χ0n) is 12.8. The van der Waals surface area contributed by atoms with E-state index < -0.39 is 5.97 Å². The maximum atomic E-state index is 10.5. The Hall–Kier alpha value is -2.16. The maximum absolute atomic E-state index is 10.5. The zero-order valence-corrected chi connectivity index (χ0v) is 12.8. The Morgan fingerprint density at radius 1 is 1.38 bits per heavy atom. The Kier molecular flexibility index (Phi) is 6.60. The molecular weight excluding hydrogens is 268 g/mol. The number of carboxylic acids is 1. The number of rotatable bonds is 8. The van der Waals surface area contributed by atoms with Crippen molar-refractivity contribution in [1.29, 1.82) is 5.26 Å². The third-order valence-corrected chi connectivity index (χ3v) is 3.43. The number of aliphatic carboxylic acids is 1. The molecule has 21 heavy (non-hydrogen) atoms. The second-order valence-electron chi connectivity index (χ2n) is 5.09. The van der Waals surface area contributed by atoms with Crippen molar-refractivity contribution in [2.45, 2.75) is 46.5 Å². The first-order valence-electron chi connectivity index (χ1n) is 7.27. The maximum Gasteiger partial charge on any atom is 0.303 e. The number of nitrogens with zero attached hydrogens (tertiary/aromatic N) is 3. The van der Waals surface area contributed by atoms with Crippen LogP contribution in [0.1, 0.15) is 50.4 Å². The van der Waals surface area contributed by atoms with E-state index in [9.17, 15) is 10.1 Å². The Bertz CT molecular complexity index is 537. The molecule has 0 saturated carbocycles. The van der Waals surface area contributed by atoms with Crippen molar-refractivity contribution in [3.8, 4) is 6.07 Å². The molecule has 1 unspecified atom stereocenters. The van der Waals surface area contributed by atoms with Gasteiger partial charge in [-0.25, -0.2) is 0 Å². The summed E-state index contributed by atoms with van der Waals surface area (Å²) in [4.78, 5) is 10.5. The van der Waals surface area contributed by atoms with Gasteiger partial charge in [-0.05, 0) is 30.7 Å². The van der Waals surface area contributed by atoms with E-state index >= 15 is 0 Å². The molecule has 1 aromatic rings. The molecule has 0 aliphatic rings. The molecule has 1 rings (SSSR count). The number of nitrogens with one attached hydrogen (secondary N) is 1. The van der Waals surface area contributed by atoms with Crippen molar-refractivity contribution in [3.63, 3.8) is 0 Å². The van der Waals surface area contributed by atoms with Crippen LogP contribution in [0.5, 0.6) is 0 Å². The van der Waals surface area contributed by atoms with Crippen LogP contribution in [0.4, 0.5) is 5.82 Å². The first-order chi connectivity index (χ1) is 10.0. The number of aryl methyl sites for hydroxylation is 1. The van der Waals surface area contributed by atoms with E-state index in [4.69, 9.17) is 5.11 Å². The predicted molar refractivity (Wildman–Crippen MR) is 80.0 cm³/mol. The van der Waals surface area contributed by atoms with Crippen LogP contribution in [-0.4, -0.2) is 27.8 Å². The van der Waals surface area contributed by atoms with Gasteiger partial charge in [0.1, 0.15) is 11.6 Å². The van der Waals surface area contributed by atoms with Crippen LogP contribution in [-0.2, 0) is 17.6 Å². The topological polar surface area (TPSA) is 98.9 Å². The highest BCUT2D eigenvalue weighted by atomic mass is 16.4. The van der Waals surface area contributed by atoms with E-state index in [1.54, 1.807) is 0 Å². The standard InChI is InChI=1S/C15H22N4O2/c1-4-11-12(8-16)15(19-18-13(11)5-2)17-9-10(3)6-7-14(20)21/h10H,4-7,9H2,1-3H3,(H,17,19)(H,20,21). The van der Waals surface area contributed by atoms with Crippen LogP contribution in [0.2, 0.25) is 0 Å². The number of carbonyl (C=O) groups is 1. The summed E-state index contributed by atoms with van der Waals surface area (Å²) in [6.45, 7) is 6.53. The first kappa shape index (κ1) is 16.9. The smallest absolute Gasteiger partial charge is 0.303 e. The van der Waals surface area contributed by atoms with Crippen LogP contribution in [0.3, 0.4) is 0 Å². The summed E-state index contributed by atoms with van der Waals surface area (Å²) in [5.74, 6) is -0.112. The lowest BCUT2D eigenvalue weighted by Crippen LogP contribution is -2.16. The van der Waals surface area contributed by atoms with E-state index in [1.165, 1.54) is 0 Å². The van der Waals surface area contributed by atoms with E-state index in [1.807, 2.05) is 20.8 Å². The minimum atomic E-state index is -0.792. The van der Waals surface area contributed by atoms with Crippen LogP contribution in [0.15, 0.2) is 0 Å². The molecule has 0 spiro atoms. The minimum Gasteiger partial charge on any atom is -0.481 e. The molecule has 1 heterocycles. The summed E-state index contributed by atoms with van der Waals surface area (Å²) in [6, 6.07) is 2.20. The monoisotopic (exact) mass is 290 g/mol. The van der Waals surface area contributed by atoms with E-state index in [-0.39, 0.29) is 12.3 Å². The number of anilines is 1. The fraction of sp³-hybridized carbons (Fsp3) is 0.600. The summed E-state index contributed by atoms with van der Waals surface area (Å²) in [6.07, 6.45) is 2.23. The van der Waals surface area contributed by atoms with Gasteiger partial charge in [0.05, 0.1) is 5.69 Å². The van der Waals surface area contributed by atoms with Crippen LogP contribution >= 0.6 is 0 Å². The summed E-state index contributed by atoms with van der Waals surface area (Å²) in [7, 11) is 0. The number of hydrogen-bond donors (Lipinski definition) is 2. The van der Waals surface area contributed by atoms with Gasteiger partial charge in [-0.1, -0.05) is 20.8 Å². The van der Waals surface area contributed by atoms with E-state index in [2.05, 4.69) is 21.6 Å². The summed E-state index contributed by atoms with van der Waals surface area (Å²) in [5, 5.41) is 29.4. The van der Waals surface area contributed by atoms with Crippen LogP contribution < -0.4 is 5.32 Å². The van der Waals surface area contributed by atoms with Gasteiger partial charge in [0.25, 0.3) is 0 Å². The fourth-order valence-corrected chi connectivity index (χ4v) is 2.16. The van der Waals surface area contributed by atoms with Gasteiger partial charge < -0.3 is 10.4 Å². The highest BCUT2D eigenvalue weighted by Crippen LogP contribution is 2.20. The van der Waals surface area contributed by atoms with Crippen molar-refractivity contribution < 1.29 is 9.90 Å². The number of carboxylic acid groups (broad SMARTS) is 1. The normalized spacial score (nSPS) is 11.7. The highest BCUT2D eigenvalue weighted by Gasteiger charge is 2.15. The van der Waals surface area contributed by atoms with E-state index in [0.717, 1.165) is 24.1 Å². The van der Waals surface area contributed by atoms with Gasteiger partial charge in [0.2, 0.25) is 0 Å². The molecule has 2 N–H and O–H groups in total. The largest absolute Gasteiger partial charge is 0.481 e. The molecule has 0 saturated heterocycles. The minimum absolute atomic E-state index is 0.147. The fourth-order valence-electron chi connectivity index (χ4n) is 2.16. The molecule has 1 atom stereocenters. The lowest BCUT2D eigenvalue weighted by molar-refractivity contribution is -0.137. The van der Waals surface area contributed by atoms with Crippen molar-refractivity contribution in [2.24, 2.45) is 5.92 Å². The van der Waals surface area contributed by atoms with Gasteiger partial charge >= 0.3 is 5.97 Å². The average Bonchev–Trinajstić information content (AvgIpc) is 2.49. The first-order valence-corrected chi connectivity index (χ1v) is 7.27. The van der Waals surface area contributed by atoms with E-state index in [0.29, 0.717) is 24.3 Å². The Labute approximate surface area is 125 Å². The second kappa shape index (κ2) is 8.20. The van der Waals surface area contributed by atoms with Crippen LogP contribution in [0, 0.1) is 17.2 Å². The van der Waals surface area contributed by atoms with Crippen LogP contribution in [0.25, 0.3) is 0 Å². The molecular formula is C15H22N4O2. The van der Waals surface area contributed by atoms with Gasteiger partial charge in [-0.15, -0.1) is 5.10 Å². The average molecular weight is 290 g/mol.